The van der Waals surface area contributed by atoms with Gasteiger partial charge < -0.3 is 18.9 Å². The largest absolute Gasteiger partial charge is 0.465 e. The van der Waals surface area contributed by atoms with E-state index in [1.54, 1.807) is 0 Å². The fourth-order valence-corrected chi connectivity index (χ4v) is 9.56. The van der Waals surface area contributed by atoms with Crippen molar-refractivity contribution in [3.8, 4) is 0 Å². The lowest BCUT2D eigenvalue weighted by molar-refractivity contribution is -0.182. The lowest BCUT2D eigenvalue weighted by Crippen LogP contribution is -2.49. The van der Waals surface area contributed by atoms with Crippen LogP contribution < -0.4 is 0 Å². The van der Waals surface area contributed by atoms with E-state index >= 15 is 0 Å². The molecule has 42 heavy (non-hydrogen) atoms. The fraction of sp³-hybridized carbons (Fsp3) is 0.882. The molecule has 5 aliphatic carbocycles. The van der Waals surface area contributed by atoms with Gasteiger partial charge in [0.15, 0.2) is 0 Å². The summed E-state index contributed by atoms with van der Waals surface area (Å²) in [6, 6.07) is 0. The van der Waals surface area contributed by atoms with Crippen molar-refractivity contribution in [3.63, 3.8) is 0 Å². The Hall–Kier alpha value is -2.12. The fourth-order valence-electron chi connectivity index (χ4n) is 9.56. The van der Waals surface area contributed by atoms with Crippen molar-refractivity contribution in [2.75, 3.05) is 6.61 Å². The summed E-state index contributed by atoms with van der Waals surface area (Å²) >= 11 is 0. The molecule has 8 nitrogen and oxygen atoms in total. The van der Waals surface area contributed by atoms with E-state index in [1.165, 1.54) is 0 Å². The van der Waals surface area contributed by atoms with Gasteiger partial charge in [0.05, 0.1) is 29.3 Å². The Labute approximate surface area is 250 Å². The molecule has 8 heteroatoms. The minimum atomic E-state index is -0.452. The van der Waals surface area contributed by atoms with Crippen LogP contribution >= 0.6 is 0 Å². The highest BCUT2D eigenvalue weighted by atomic mass is 16.6. The van der Waals surface area contributed by atoms with Crippen molar-refractivity contribution in [3.05, 3.63) is 0 Å². The number of esters is 4. The molecule has 10 unspecified atom stereocenters. The van der Waals surface area contributed by atoms with Crippen molar-refractivity contribution in [1.29, 1.82) is 0 Å². The quantitative estimate of drug-likeness (QED) is 0.266. The van der Waals surface area contributed by atoms with Crippen LogP contribution in [0.1, 0.15) is 106 Å². The minimum absolute atomic E-state index is 0.0127. The number of rotatable bonds is 8. The Kier molecular flexibility index (Phi) is 7.48. The zero-order valence-electron chi connectivity index (χ0n) is 26.3. The summed E-state index contributed by atoms with van der Waals surface area (Å²) in [6.07, 6.45) is 9.96. The van der Waals surface area contributed by atoms with Gasteiger partial charge in [0.2, 0.25) is 0 Å². The molecule has 5 saturated carbocycles. The van der Waals surface area contributed by atoms with Gasteiger partial charge in [-0.25, -0.2) is 0 Å². The molecule has 0 aromatic rings. The molecule has 7 fully saturated rings. The van der Waals surface area contributed by atoms with E-state index in [0.717, 1.165) is 64.2 Å². The second-order valence-electron chi connectivity index (χ2n) is 15.7. The van der Waals surface area contributed by atoms with E-state index in [9.17, 15) is 19.2 Å². The van der Waals surface area contributed by atoms with Crippen LogP contribution in [0.3, 0.4) is 0 Å². The number of carbonyl (C=O) groups is 4. The molecule has 10 atom stereocenters. The topological polar surface area (TPSA) is 105 Å². The van der Waals surface area contributed by atoms with Crippen molar-refractivity contribution < 1.29 is 38.1 Å². The third kappa shape index (κ3) is 4.68. The highest BCUT2D eigenvalue weighted by Crippen LogP contribution is 2.64. The number of hydrogen-bond donors (Lipinski definition) is 0. The zero-order valence-corrected chi connectivity index (χ0v) is 26.3. The van der Waals surface area contributed by atoms with E-state index in [2.05, 4.69) is 0 Å². The molecule has 4 bridgehead atoms. The molecule has 2 aliphatic heterocycles. The maximum atomic E-state index is 12.8. The molecule has 0 amide bonds. The van der Waals surface area contributed by atoms with Gasteiger partial charge in [0.1, 0.15) is 17.8 Å². The third-order valence-electron chi connectivity index (χ3n) is 12.8. The Morgan fingerprint density at radius 2 is 1.31 bits per heavy atom. The van der Waals surface area contributed by atoms with Crippen LogP contribution in [0.5, 0.6) is 0 Å². The third-order valence-corrected chi connectivity index (χ3v) is 12.8. The highest BCUT2D eigenvalue weighted by Gasteiger charge is 2.68. The molecule has 234 valence electrons. The summed E-state index contributed by atoms with van der Waals surface area (Å²) in [6.45, 7) is 12.1. The molecular weight excluding hydrogens is 536 g/mol. The number of hydrogen-bond acceptors (Lipinski definition) is 8. The Balaban J connectivity index is 0.000000153. The van der Waals surface area contributed by atoms with Crippen LogP contribution in [0, 0.1) is 58.2 Å². The molecular formula is C34H50O8. The van der Waals surface area contributed by atoms with Crippen molar-refractivity contribution in [1.82, 2.24) is 0 Å². The van der Waals surface area contributed by atoms with E-state index in [0.29, 0.717) is 30.3 Å². The Morgan fingerprint density at radius 1 is 0.786 bits per heavy atom. The lowest BCUT2D eigenvalue weighted by Gasteiger charge is -2.42. The molecule has 2 saturated heterocycles. The highest BCUT2D eigenvalue weighted by molar-refractivity contribution is 5.79. The van der Waals surface area contributed by atoms with Gasteiger partial charge in [0, 0.05) is 23.7 Å². The smallest absolute Gasteiger partial charge is 0.312 e. The summed E-state index contributed by atoms with van der Waals surface area (Å²) < 4.78 is 22.7. The maximum Gasteiger partial charge on any atom is 0.312 e. The van der Waals surface area contributed by atoms with Crippen LogP contribution in [0.4, 0.5) is 0 Å². The summed E-state index contributed by atoms with van der Waals surface area (Å²) in [5, 5.41) is 0. The average molecular weight is 587 g/mol. The van der Waals surface area contributed by atoms with E-state index < -0.39 is 16.4 Å². The normalized spacial score (nSPS) is 40.0. The van der Waals surface area contributed by atoms with Gasteiger partial charge in [-0.2, -0.15) is 0 Å². The standard InChI is InChI=1S/C19H28O4.C15H22O4/c1-4-18(2,3)17(21)23-19(7-5-6-8-19)15-11-9-12-13(10-11)22-16(20)14(12)15;1-4-15(2,3)14(17)18-7-10-8-5-9-11(6-8)19-13(16)12(9)10/h11-15H,4-10H2,1-3H3;8-12H,4-7H2,1-3H3. The van der Waals surface area contributed by atoms with Gasteiger partial charge in [-0.15, -0.1) is 0 Å². The molecule has 0 aromatic heterocycles. The van der Waals surface area contributed by atoms with Crippen molar-refractivity contribution >= 4 is 23.9 Å². The molecule has 7 rings (SSSR count). The Morgan fingerprint density at radius 3 is 1.93 bits per heavy atom. The first-order valence-corrected chi connectivity index (χ1v) is 16.6. The Bertz CT molecular complexity index is 1110. The van der Waals surface area contributed by atoms with Crippen LogP contribution in [0.25, 0.3) is 0 Å². The van der Waals surface area contributed by atoms with Crippen LogP contribution in [0.15, 0.2) is 0 Å². The van der Waals surface area contributed by atoms with E-state index in [1.807, 2.05) is 41.5 Å². The summed E-state index contributed by atoms with van der Waals surface area (Å²) in [4.78, 5) is 49.0. The average Bonchev–Trinajstić information content (AvgIpc) is 3.79. The van der Waals surface area contributed by atoms with Crippen LogP contribution in [-0.4, -0.2) is 48.3 Å². The molecule has 0 spiro atoms. The monoisotopic (exact) mass is 586 g/mol. The predicted octanol–water partition coefficient (Wildman–Crippen LogP) is 5.64. The molecule has 7 aliphatic rings. The summed E-state index contributed by atoms with van der Waals surface area (Å²) in [5.41, 5.74) is -1.30. The second-order valence-corrected chi connectivity index (χ2v) is 15.7. The van der Waals surface area contributed by atoms with E-state index in [-0.39, 0.29) is 59.8 Å². The van der Waals surface area contributed by atoms with E-state index in [4.69, 9.17) is 18.9 Å². The van der Waals surface area contributed by atoms with Crippen molar-refractivity contribution in [2.45, 2.75) is 124 Å². The first-order valence-electron chi connectivity index (χ1n) is 16.6. The van der Waals surface area contributed by atoms with Crippen LogP contribution in [-0.2, 0) is 38.1 Å². The van der Waals surface area contributed by atoms with Crippen molar-refractivity contribution in [2.24, 2.45) is 58.2 Å². The first-order chi connectivity index (χ1) is 19.8. The SMILES string of the molecule is CCC(C)(C)C(=O)OC1(C2C3CC4OC(=O)C2C4C3)CCCC1.CCC(C)(C)C(=O)OCC1C2CC3OC(=O)C1C3C2. The first kappa shape index (κ1) is 29.9. The predicted molar refractivity (Wildman–Crippen MR) is 153 cm³/mol. The minimum Gasteiger partial charge on any atom is -0.465 e. The number of fused-ring (bicyclic) bond motifs is 2. The second kappa shape index (κ2) is 10.5. The van der Waals surface area contributed by atoms with Gasteiger partial charge in [-0.05, 0) is 104 Å². The van der Waals surface area contributed by atoms with Gasteiger partial charge in [-0.3, -0.25) is 19.2 Å². The zero-order chi connectivity index (χ0) is 30.2. The summed E-state index contributed by atoms with van der Waals surface area (Å²) in [5.74, 6) is 1.79. The number of carbonyl (C=O) groups excluding carboxylic acids is 4. The molecule has 0 aromatic carbocycles. The van der Waals surface area contributed by atoms with Gasteiger partial charge in [-0.1, -0.05) is 13.8 Å². The molecule has 0 radical (unpaired) electrons. The maximum absolute atomic E-state index is 12.8. The van der Waals surface area contributed by atoms with Gasteiger partial charge in [0.25, 0.3) is 0 Å². The lowest BCUT2D eigenvalue weighted by atomic mass is 9.69. The number of ether oxygens (including phenoxy) is 4. The molecule has 2 heterocycles. The van der Waals surface area contributed by atoms with Crippen LogP contribution in [0.2, 0.25) is 0 Å². The summed E-state index contributed by atoms with van der Waals surface area (Å²) in [7, 11) is 0. The molecule has 0 N–H and O–H groups in total. The van der Waals surface area contributed by atoms with Gasteiger partial charge >= 0.3 is 23.9 Å².